The molecule has 0 bridgehead atoms. The Morgan fingerprint density at radius 2 is 2.14 bits per heavy atom. The van der Waals surface area contributed by atoms with E-state index in [1.807, 2.05) is 29.2 Å². The third-order valence-corrected chi connectivity index (χ3v) is 5.56. The molecule has 21 heavy (non-hydrogen) atoms. The lowest BCUT2D eigenvalue weighted by atomic mass is 10.4. The molecular weight excluding hydrogens is 372 g/mol. The van der Waals surface area contributed by atoms with Gasteiger partial charge in [-0.2, -0.15) is 14.7 Å². The molecule has 4 heterocycles. The van der Waals surface area contributed by atoms with E-state index in [1.165, 1.54) is 11.3 Å². The van der Waals surface area contributed by atoms with Crippen LogP contribution in [0, 0.1) is 0 Å². The van der Waals surface area contributed by atoms with E-state index in [9.17, 15) is 0 Å². The van der Waals surface area contributed by atoms with E-state index < -0.39 is 0 Å². The van der Waals surface area contributed by atoms with Crippen LogP contribution in [0.5, 0.6) is 0 Å². The first-order chi connectivity index (χ1) is 10.2. The van der Waals surface area contributed by atoms with Crippen LogP contribution in [0.15, 0.2) is 28.3 Å². The van der Waals surface area contributed by atoms with Gasteiger partial charge in [0.15, 0.2) is 10.8 Å². The average molecular weight is 381 g/mol. The predicted octanol–water partition coefficient (Wildman–Crippen LogP) is 3.56. The van der Waals surface area contributed by atoms with Crippen LogP contribution in [0.25, 0.3) is 26.2 Å². The van der Waals surface area contributed by atoms with E-state index in [0.29, 0.717) is 0 Å². The highest BCUT2D eigenvalue weighted by Crippen LogP contribution is 2.32. The van der Waals surface area contributed by atoms with Crippen molar-refractivity contribution in [2.75, 3.05) is 0 Å². The topological polar surface area (TPSA) is 60.9 Å². The SMILES string of the molecule is CCn1cc(-c2nn3c(-c4ccc(Br)s4)nnc3s2)cn1. The van der Waals surface area contributed by atoms with Gasteiger partial charge in [-0.3, -0.25) is 4.68 Å². The molecule has 4 aromatic rings. The second-order valence-corrected chi connectivity index (χ2v) is 7.73. The molecule has 4 rings (SSSR count). The molecule has 0 amide bonds. The van der Waals surface area contributed by atoms with Crippen LogP contribution in [0.1, 0.15) is 6.92 Å². The molecule has 0 spiro atoms. The van der Waals surface area contributed by atoms with Crippen molar-refractivity contribution in [3.05, 3.63) is 28.3 Å². The first-order valence-corrected chi connectivity index (χ1v) is 8.68. The zero-order valence-electron chi connectivity index (χ0n) is 10.9. The first kappa shape index (κ1) is 13.1. The van der Waals surface area contributed by atoms with Crippen molar-refractivity contribution in [2.24, 2.45) is 0 Å². The van der Waals surface area contributed by atoms with Gasteiger partial charge >= 0.3 is 0 Å². The molecule has 0 aromatic carbocycles. The fraction of sp³-hybridized carbons (Fsp3) is 0.167. The largest absolute Gasteiger partial charge is 0.272 e. The third-order valence-electron chi connectivity index (χ3n) is 2.99. The van der Waals surface area contributed by atoms with Crippen LogP contribution < -0.4 is 0 Å². The Morgan fingerprint density at radius 3 is 2.86 bits per heavy atom. The van der Waals surface area contributed by atoms with Gasteiger partial charge in [-0.25, -0.2) is 0 Å². The monoisotopic (exact) mass is 380 g/mol. The second-order valence-electron chi connectivity index (χ2n) is 4.31. The van der Waals surface area contributed by atoms with Gasteiger partial charge in [-0.15, -0.1) is 21.5 Å². The number of hydrogen-bond acceptors (Lipinski definition) is 6. The van der Waals surface area contributed by atoms with Crippen molar-refractivity contribution in [1.82, 2.24) is 29.6 Å². The molecule has 0 radical (unpaired) electrons. The average Bonchev–Trinajstić information content (AvgIpc) is 3.20. The molecular formula is C12H9BrN6S2. The summed E-state index contributed by atoms with van der Waals surface area (Å²) >= 11 is 6.60. The summed E-state index contributed by atoms with van der Waals surface area (Å²) in [6, 6.07) is 4.01. The lowest BCUT2D eigenvalue weighted by Gasteiger charge is -1.91. The Bertz CT molecular complexity index is 917. The maximum atomic E-state index is 4.62. The molecule has 0 fully saturated rings. The van der Waals surface area contributed by atoms with Gasteiger partial charge in [0.05, 0.1) is 20.4 Å². The molecule has 0 unspecified atom stereocenters. The first-order valence-electron chi connectivity index (χ1n) is 6.25. The Kier molecular flexibility index (Phi) is 3.12. The minimum atomic E-state index is 0.770. The molecule has 106 valence electrons. The van der Waals surface area contributed by atoms with Crippen LogP contribution >= 0.6 is 38.6 Å². The normalized spacial score (nSPS) is 11.5. The highest BCUT2D eigenvalue weighted by atomic mass is 79.9. The fourth-order valence-electron chi connectivity index (χ4n) is 1.97. The summed E-state index contributed by atoms with van der Waals surface area (Å²) in [5.41, 5.74) is 1.01. The predicted molar refractivity (Wildman–Crippen MR) is 86.6 cm³/mol. The number of hydrogen-bond donors (Lipinski definition) is 0. The van der Waals surface area contributed by atoms with Gasteiger partial charge in [-0.05, 0) is 35.0 Å². The Hall–Kier alpha value is -1.58. The van der Waals surface area contributed by atoms with Crippen LogP contribution in [0.2, 0.25) is 0 Å². The van der Waals surface area contributed by atoms with Crippen LogP contribution in [-0.4, -0.2) is 29.6 Å². The zero-order chi connectivity index (χ0) is 14.4. The maximum absolute atomic E-state index is 4.62. The minimum absolute atomic E-state index is 0.770. The minimum Gasteiger partial charge on any atom is -0.272 e. The number of rotatable bonds is 3. The van der Waals surface area contributed by atoms with E-state index in [0.717, 1.165) is 36.6 Å². The quantitative estimate of drug-likeness (QED) is 0.545. The summed E-state index contributed by atoms with van der Waals surface area (Å²) in [6.07, 6.45) is 3.82. The summed E-state index contributed by atoms with van der Waals surface area (Å²) < 4.78 is 4.74. The van der Waals surface area contributed by atoms with Crippen LogP contribution in [-0.2, 0) is 6.54 Å². The van der Waals surface area contributed by atoms with Gasteiger partial charge in [0.2, 0.25) is 4.96 Å². The number of thiophene rings is 1. The molecule has 0 atom stereocenters. The van der Waals surface area contributed by atoms with E-state index in [2.05, 4.69) is 43.2 Å². The third kappa shape index (κ3) is 2.21. The van der Waals surface area contributed by atoms with E-state index in [4.69, 9.17) is 0 Å². The lowest BCUT2D eigenvalue weighted by molar-refractivity contribution is 0.660. The molecule has 0 aliphatic carbocycles. The fourth-order valence-corrected chi connectivity index (χ4v) is 4.14. The van der Waals surface area contributed by atoms with E-state index >= 15 is 0 Å². The van der Waals surface area contributed by atoms with Gasteiger partial charge in [0.1, 0.15) is 0 Å². The van der Waals surface area contributed by atoms with Crippen molar-refractivity contribution in [1.29, 1.82) is 0 Å². The van der Waals surface area contributed by atoms with Crippen LogP contribution in [0.4, 0.5) is 0 Å². The van der Waals surface area contributed by atoms with E-state index in [-0.39, 0.29) is 0 Å². The van der Waals surface area contributed by atoms with Crippen molar-refractivity contribution in [3.63, 3.8) is 0 Å². The van der Waals surface area contributed by atoms with Crippen molar-refractivity contribution < 1.29 is 0 Å². The van der Waals surface area contributed by atoms with Gasteiger partial charge in [-0.1, -0.05) is 11.3 Å². The Labute approximate surface area is 136 Å². The molecule has 9 heteroatoms. The summed E-state index contributed by atoms with van der Waals surface area (Å²) in [6.45, 7) is 2.90. The number of aromatic nitrogens is 6. The summed E-state index contributed by atoms with van der Waals surface area (Å²) in [7, 11) is 0. The van der Waals surface area contributed by atoms with Gasteiger partial charge < -0.3 is 0 Å². The number of aryl methyl sites for hydroxylation is 1. The van der Waals surface area contributed by atoms with Crippen molar-refractivity contribution >= 4 is 43.6 Å². The molecule has 6 nitrogen and oxygen atoms in total. The van der Waals surface area contributed by atoms with E-state index in [1.54, 1.807) is 15.9 Å². The Morgan fingerprint density at radius 1 is 1.24 bits per heavy atom. The molecule has 0 saturated heterocycles. The Balaban J connectivity index is 1.82. The lowest BCUT2D eigenvalue weighted by Crippen LogP contribution is -1.92. The highest BCUT2D eigenvalue weighted by Gasteiger charge is 2.16. The highest BCUT2D eigenvalue weighted by molar-refractivity contribution is 9.11. The number of halogens is 1. The van der Waals surface area contributed by atoms with Crippen molar-refractivity contribution in [3.8, 4) is 21.3 Å². The number of nitrogens with zero attached hydrogens (tertiary/aromatic N) is 6. The molecule has 0 aliphatic heterocycles. The molecule has 4 aromatic heterocycles. The number of fused-ring (bicyclic) bond motifs is 1. The smallest absolute Gasteiger partial charge is 0.235 e. The summed E-state index contributed by atoms with van der Waals surface area (Å²) in [4.78, 5) is 1.82. The summed E-state index contributed by atoms with van der Waals surface area (Å²) in [5.74, 6) is 0.770. The molecule has 0 N–H and O–H groups in total. The maximum Gasteiger partial charge on any atom is 0.235 e. The molecule has 0 saturated carbocycles. The summed E-state index contributed by atoms with van der Waals surface area (Å²) in [5, 5.41) is 18.2. The standard InChI is InChI=1S/C12H9BrN6S2/c1-2-18-6-7(5-14-18)11-17-19-10(15-16-12(19)21-11)8-3-4-9(13)20-8/h3-6H,2H2,1H3. The second kappa shape index (κ2) is 5.00. The molecule has 0 aliphatic rings. The van der Waals surface area contributed by atoms with Crippen LogP contribution in [0.3, 0.4) is 0 Å². The zero-order valence-corrected chi connectivity index (χ0v) is 14.1. The van der Waals surface area contributed by atoms with Gasteiger partial charge in [0.25, 0.3) is 0 Å². The van der Waals surface area contributed by atoms with Gasteiger partial charge in [0, 0.05) is 12.7 Å². The van der Waals surface area contributed by atoms with Crippen molar-refractivity contribution in [2.45, 2.75) is 13.5 Å².